The van der Waals surface area contributed by atoms with Gasteiger partial charge in [0.1, 0.15) is 0 Å². The van der Waals surface area contributed by atoms with E-state index in [1.54, 1.807) is 24.3 Å². The predicted octanol–water partition coefficient (Wildman–Crippen LogP) is 4.00. The van der Waals surface area contributed by atoms with Crippen LogP contribution in [0.2, 0.25) is 5.02 Å². The first-order valence-corrected chi connectivity index (χ1v) is 6.67. The van der Waals surface area contributed by atoms with Crippen LogP contribution in [0.4, 0.5) is 11.4 Å². The van der Waals surface area contributed by atoms with Crippen LogP contribution in [0.1, 0.15) is 9.67 Å². The summed E-state index contributed by atoms with van der Waals surface area (Å²) in [5.74, 6) is -0.201. The van der Waals surface area contributed by atoms with Crippen LogP contribution in [0.15, 0.2) is 34.1 Å². The standard InChI is InChI=1S/C11H8BrClN2OS/c12-10-4-3-9(17-10)11(16)15-8-5-6(14)1-2-7(8)13/h1-5H,14H2,(H,15,16). The summed E-state index contributed by atoms with van der Waals surface area (Å²) in [5, 5.41) is 3.18. The molecule has 0 saturated heterocycles. The van der Waals surface area contributed by atoms with Crippen LogP contribution in [0.5, 0.6) is 0 Å². The molecule has 6 heteroatoms. The number of nitrogen functional groups attached to an aromatic ring is 1. The van der Waals surface area contributed by atoms with Crippen molar-refractivity contribution in [3.63, 3.8) is 0 Å². The molecule has 3 N–H and O–H groups in total. The molecule has 0 spiro atoms. The number of halogens is 2. The Balaban J connectivity index is 2.21. The van der Waals surface area contributed by atoms with Gasteiger partial charge in [-0.05, 0) is 46.3 Å². The molecule has 1 amide bonds. The Labute approximate surface area is 116 Å². The van der Waals surface area contributed by atoms with Crippen molar-refractivity contribution in [3.8, 4) is 0 Å². The van der Waals surface area contributed by atoms with E-state index in [-0.39, 0.29) is 5.91 Å². The van der Waals surface area contributed by atoms with E-state index < -0.39 is 0 Å². The molecule has 0 atom stereocenters. The lowest BCUT2D eigenvalue weighted by atomic mass is 10.2. The Kier molecular flexibility index (Phi) is 3.71. The highest BCUT2D eigenvalue weighted by Crippen LogP contribution is 2.27. The van der Waals surface area contributed by atoms with Crippen molar-refractivity contribution in [1.82, 2.24) is 0 Å². The van der Waals surface area contributed by atoms with E-state index in [0.29, 0.717) is 21.3 Å². The smallest absolute Gasteiger partial charge is 0.265 e. The third kappa shape index (κ3) is 3.00. The van der Waals surface area contributed by atoms with Gasteiger partial charge in [-0.2, -0.15) is 0 Å². The first-order chi connectivity index (χ1) is 8.06. The number of benzene rings is 1. The molecule has 0 bridgehead atoms. The zero-order valence-corrected chi connectivity index (χ0v) is 11.7. The van der Waals surface area contributed by atoms with E-state index in [1.165, 1.54) is 11.3 Å². The summed E-state index contributed by atoms with van der Waals surface area (Å²) in [7, 11) is 0. The van der Waals surface area contributed by atoms with Gasteiger partial charge in [0.25, 0.3) is 5.91 Å². The molecular weight excluding hydrogens is 324 g/mol. The fourth-order valence-corrected chi connectivity index (χ4v) is 2.71. The molecule has 0 aliphatic heterocycles. The Hall–Kier alpha value is -1.04. The minimum atomic E-state index is -0.201. The van der Waals surface area contributed by atoms with Crippen LogP contribution in [-0.2, 0) is 0 Å². The Morgan fingerprint density at radius 1 is 1.35 bits per heavy atom. The summed E-state index contributed by atoms with van der Waals surface area (Å²) in [6, 6.07) is 8.52. The van der Waals surface area contributed by atoms with Crippen molar-refractivity contribution in [2.75, 3.05) is 11.1 Å². The highest BCUT2D eigenvalue weighted by Gasteiger charge is 2.10. The lowest BCUT2D eigenvalue weighted by molar-refractivity contribution is 0.103. The number of nitrogens with one attached hydrogen (secondary N) is 1. The molecule has 17 heavy (non-hydrogen) atoms. The Bertz CT molecular complexity index is 570. The zero-order chi connectivity index (χ0) is 12.4. The number of carbonyl (C=O) groups is 1. The summed E-state index contributed by atoms with van der Waals surface area (Å²) in [6.45, 7) is 0. The minimum Gasteiger partial charge on any atom is -0.399 e. The number of carbonyl (C=O) groups excluding carboxylic acids is 1. The molecule has 0 saturated carbocycles. The number of hydrogen-bond acceptors (Lipinski definition) is 3. The second kappa shape index (κ2) is 5.08. The molecule has 0 aliphatic rings. The topological polar surface area (TPSA) is 55.1 Å². The van der Waals surface area contributed by atoms with E-state index in [9.17, 15) is 4.79 Å². The molecule has 0 radical (unpaired) electrons. The summed E-state index contributed by atoms with van der Waals surface area (Å²) >= 11 is 10.6. The lowest BCUT2D eigenvalue weighted by Crippen LogP contribution is -2.10. The van der Waals surface area contributed by atoms with Crippen molar-refractivity contribution < 1.29 is 4.79 Å². The van der Waals surface area contributed by atoms with Crippen molar-refractivity contribution in [2.24, 2.45) is 0 Å². The van der Waals surface area contributed by atoms with Crippen molar-refractivity contribution >= 4 is 56.1 Å². The number of nitrogens with two attached hydrogens (primary N) is 1. The zero-order valence-electron chi connectivity index (χ0n) is 8.54. The van der Waals surface area contributed by atoms with Gasteiger partial charge in [-0.25, -0.2) is 0 Å². The van der Waals surface area contributed by atoms with Gasteiger partial charge in [-0.3, -0.25) is 4.79 Å². The maximum Gasteiger partial charge on any atom is 0.265 e. The predicted molar refractivity (Wildman–Crippen MR) is 75.8 cm³/mol. The normalized spacial score (nSPS) is 10.2. The summed E-state index contributed by atoms with van der Waals surface area (Å²) in [5.41, 5.74) is 6.70. The number of amides is 1. The molecule has 0 fully saturated rings. The average Bonchev–Trinajstić information content (AvgIpc) is 2.70. The number of thiophene rings is 1. The maximum atomic E-state index is 11.9. The monoisotopic (exact) mass is 330 g/mol. The molecule has 88 valence electrons. The molecule has 1 aromatic carbocycles. The number of anilines is 2. The molecule has 0 aliphatic carbocycles. The second-order valence-corrected chi connectivity index (χ2v) is 6.17. The van der Waals surface area contributed by atoms with Crippen LogP contribution in [0.25, 0.3) is 0 Å². The van der Waals surface area contributed by atoms with Gasteiger partial charge in [-0.1, -0.05) is 11.6 Å². The van der Waals surface area contributed by atoms with Crippen molar-refractivity contribution in [3.05, 3.63) is 44.0 Å². The lowest BCUT2D eigenvalue weighted by Gasteiger charge is -2.06. The summed E-state index contributed by atoms with van der Waals surface area (Å²) < 4.78 is 0.904. The van der Waals surface area contributed by atoms with Crippen LogP contribution < -0.4 is 11.1 Å². The van der Waals surface area contributed by atoms with Crippen LogP contribution in [0.3, 0.4) is 0 Å². The highest BCUT2D eigenvalue weighted by atomic mass is 79.9. The molecule has 2 aromatic rings. The molecular formula is C11H8BrClN2OS. The highest BCUT2D eigenvalue weighted by molar-refractivity contribution is 9.11. The van der Waals surface area contributed by atoms with E-state index in [0.717, 1.165) is 3.79 Å². The van der Waals surface area contributed by atoms with E-state index in [1.807, 2.05) is 6.07 Å². The minimum absolute atomic E-state index is 0.201. The second-order valence-electron chi connectivity index (χ2n) is 3.30. The SMILES string of the molecule is Nc1ccc(Cl)c(NC(=O)c2ccc(Br)s2)c1. The van der Waals surface area contributed by atoms with Crippen LogP contribution in [-0.4, -0.2) is 5.91 Å². The van der Waals surface area contributed by atoms with Crippen molar-refractivity contribution in [1.29, 1.82) is 0 Å². The first kappa shape index (κ1) is 12.4. The Morgan fingerprint density at radius 3 is 2.76 bits per heavy atom. The molecule has 1 aromatic heterocycles. The van der Waals surface area contributed by atoms with Gasteiger partial charge in [0.05, 0.1) is 19.4 Å². The van der Waals surface area contributed by atoms with E-state index in [2.05, 4.69) is 21.2 Å². The average molecular weight is 332 g/mol. The summed E-state index contributed by atoms with van der Waals surface area (Å²) in [4.78, 5) is 12.5. The number of rotatable bonds is 2. The van der Waals surface area contributed by atoms with Gasteiger partial charge in [0.15, 0.2) is 0 Å². The third-order valence-corrected chi connectivity index (χ3v) is 3.99. The quantitative estimate of drug-likeness (QED) is 0.817. The van der Waals surface area contributed by atoms with E-state index >= 15 is 0 Å². The van der Waals surface area contributed by atoms with Gasteiger partial charge in [0.2, 0.25) is 0 Å². The van der Waals surface area contributed by atoms with Crippen LogP contribution >= 0.6 is 38.9 Å². The Morgan fingerprint density at radius 2 is 2.12 bits per heavy atom. The fourth-order valence-electron chi connectivity index (χ4n) is 1.26. The molecule has 0 unspecified atom stereocenters. The fraction of sp³-hybridized carbons (Fsp3) is 0. The molecule has 2 rings (SSSR count). The summed E-state index contributed by atoms with van der Waals surface area (Å²) in [6.07, 6.45) is 0. The van der Waals surface area contributed by atoms with Crippen molar-refractivity contribution in [2.45, 2.75) is 0 Å². The first-order valence-electron chi connectivity index (χ1n) is 4.68. The maximum absolute atomic E-state index is 11.9. The van der Waals surface area contributed by atoms with Gasteiger partial charge in [-0.15, -0.1) is 11.3 Å². The number of hydrogen-bond donors (Lipinski definition) is 2. The van der Waals surface area contributed by atoms with E-state index in [4.69, 9.17) is 17.3 Å². The van der Waals surface area contributed by atoms with Gasteiger partial charge < -0.3 is 11.1 Å². The third-order valence-electron chi connectivity index (χ3n) is 2.04. The van der Waals surface area contributed by atoms with Gasteiger partial charge >= 0.3 is 0 Å². The largest absolute Gasteiger partial charge is 0.399 e. The molecule has 1 heterocycles. The van der Waals surface area contributed by atoms with Crippen LogP contribution in [0, 0.1) is 0 Å². The molecule has 3 nitrogen and oxygen atoms in total. The van der Waals surface area contributed by atoms with Gasteiger partial charge in [0, 0.05) is 5.69 Å².